The lowest BCUT2D eigenvalue weighted by atomic mass is 9.97. The number of benzene rings is 1. The Morgan fingerprint density at radius 2 is 2.08 bits per heavy atom. The van der Waals surface area contributed by atoms with Crippen LogP contribution in [0.2, 0.25) is 0 Å². The van der Waals surface area contributed by atoms with Gasteiger partial charge in [-0.1, -0.05) is 30.3 Å². The van der Waals surface area contributed by atoms with Crippen LogP contribution in [-0.2, 0) is 10.3 Å². The molecule has 1 aliphatic carbocycles. The zero-order valence-corrected chi connectivity index (χ0v) is 7.31. The van der Waals surface area contributed by atoms with Crippen LogP contribution in [0, 0.1) is 0 Å². The van der Waals surface area contributed by atoms with E-state index in [1.54, 1.807) is 0 Å². The fourth-order valence-electron chi connectivity index (χ4n) is 2.39. The van der Waals surface area contributed by atoms with E-state index in [4.69, 9.17) is 4.74 Å². The van der Waals surface area contributed by atoms with E-state index in [0.29, 0.717) is 0 Å². The predicted molar refractivity (Wildman–Crippen MR) is 48.2 cm³/mol. The quantitative estimate of drug-likeness (QED) is 0.657. The number of rotatable bonds is 1. The lowest BCUT2D eigenvalue weighted by Crippen LogP contribution is -2.11. The number of ether oxygens (including phenoxy) is 1. The molecule has 0 aromatic heterocycles. The molecule has 68 valence electrons. The van der Waals surface area contributed by atoms with Crippen molar-refractivity contribution in [3.8, 4) is 0 Å². The summed E-state index contributed by atoms with van der Waals surface area (Å²) in [5.41, 5.74) is 1.09. The van der Waals surface area contributed by atoms with Crippen LogP contribution in [0.15, 0.2) is 30.3 Å². The Balaban J connectivity index is 1.96. The first-order chi connectivity index (χ1) is 6.33. The average molecular weight is 176 g/mol. The van der Waals surface area contributed by atoms with Crippen LogP contribution in [-0.4, -0.2) is 17.3 Å². The van der Waals surface area contributed by atoms with Crippen molar-refractivity contribution in [1.29, 1.82) is 0 Å². The number of fused-ring (bicyclic) bond motifs is 1. The molecule has 0 bridgehead atoms. The standard InChI is InChI=1S/C11H12O2/c12-9-6-7-11(10(9)13-11)8-4-2-1-3-5-8/h1-5,9-10,12H,6-7H2. The summed E-state index contributed by atoms with van der Waals surface area (Å²) < 4.78 is 5.59. The van der Waals surface area contributed by atoms with Crippen LogP contribution in [0.4, 0.5) is 0 Å². The molecule has 1 saturated heterocycles. The summed E-state index contributed by atoms with van der Waals surface area (Å²) in [6.45, 7) is 0. The second-order valence-corrected chi connectivity index (χ2v) is 3.90. The molecule has 0 radical (unpaired) electrons. The number of aliphatic hydroxyl groups is 1. The largest absolute Gasteiger partial charge is 0.390 e. The van der Waals surface area contributed by atoms with Crippen LogP contribution in [0.3, 0.4) is 0 Å². The average Bonchev–Trinajstić information content (AvgIpc) is 2.85. The molecule has 2 fully saturated rings. The second kappa shape index (κ2) is 2.34. The van der Waals surface area contributed by atoms with Crippen molar-refractivity contribution in [3.63, 3.8) is 0 Å². The normalized spacial score (nSPS) is 41.6. The van der Waals surface area contributed by atoms with Crippen LogP contribution in [0.5, 0.6) is 0 Å². The van der Waals surface area contributed by atoms with Gasteiger partial charge < -0.3 is 9.84 Å². The van der Waals surface area contributed by atoms with Crippen molar-refractivity contribution in [2.24, 2.45) is 0 Å². The lowest BCUT2D eigenvalue weighted by molar-refractivity contribution is 0.111. The maximum Gasteiger partial charge on any atom is 0.122 e. The highest BCUT2D eigenvalue weighted by molar-refractivity contribution is 5.32. The van der Waals surface area contributed by atoms with Crippen molar-refractivity contribution in [1.82, 2.24) is 0 Å². The molecule has 2 heteroatoms. The van der Waals surface area contributed by atoms with Crippen molar-refractivity contribution in [3.05, 3.63) is 35.9 Å². The number of epoxide rings is 1. The molecule has 3 rings (SSSR count). The highest BCUT2D eigenvalue weighted by Gasteiger charge is 2.64. The molecule has 1 N–H and O–H groups in total. The Kier molecular flexibility index (Phi) is 1.35. The molecule has 2 aliphatic rings. The Hall–Kier alpha value is -0.860. The van der Waals surface area contributed by atoms with Crippen LogP contribution in [0.1, 0.15) is 18.4 Å². The van der Waals surface area contributed by atoms with Crippen molar-refractivity contribution in [2.75, 3.05) is 0 Å². The van der Waals surface area contributed by atoms with Crippen molar-refractivity contribution in [2.45, 2.75) is 30.7 Å². The van der Waals surface area contributed by atoms with Gasteiger partial charge in [0.15, 0.2) is 0 Å². The minimum Gasteiger partial charge on any atom is -0.390 e. The maximum atomic E-state index is 9.54. The van der Waals surface area contributed by atoms with Gasteiger partial charge in [0.1, 0.15) is 11.7 Å². The van der Waals surface area contributed by atoms with Gasteiger partial charge in [-0.3, -0.25) is 0 Å². The van der Waals surface area contributed by atoms with Crippen LogP contribution in [0.25, 0.3) is 0 Å². The summed E-state index contributed by atoms with van der Waals surface area (Å²) in [5, 5.41) is 9.54. The minimum absolute atomic E-state index is 0.0647. The SMILES string of the molecule is OC1CCC2(c3ccccc3)OC12. The monoisotopic (exact) mass is 176 g/mol. The lowest BCUT2D eigenvalue weighted by Gasteiger charge is -2.07. The molecule has 3 atom stereocenters. The highest BCUT2D eigenvalue weighted by Crippen LogP contribution is 2.57. The molecule has 2 nitrogen and oxygen atoms in total. The van der Waals surface area contributed by atoms with Gasteiger partial charge in [-0.25, -0.2) is 0 Å². The first-order valence-electron chi connectivity index (χ1n) is 4.74. The first-order valence-corrected chi connectivity index (χ1v) is 4.74. The molecule has 1 heterocycles. The molecule has 3 unspecified atom stereocenters. The van der Waals surface area contributed by atoms with E-state index >= 15 is 0 Å². The predicted octanol–water partition coefficient (Wildman–Crippen LogP) is 1.44. The number of aliphatic hydroxyl groups excluding tert-OH is 1. The molecule has 1 saturated carbocycles. The molecule has 0 spiro atoms. The van der Waals surface area contributed by atoms with E-state index in [0.717, 1.165) is 12.8 Å². The van der Waals surface area contributed by atoms with Gasteiger partial charge in [0.05, 0.1) is 6.10 Å². The van der Waals surface area contributed by atoms with E-state index in [1.165, 1.54) is 5.56 Å². The summed E-state index contributed by atoms with van der Waals surface area (Å²) in [7, 11) is 0. The first kappa shape index (κ1) is 7.54. The van der Waals surface area contributed by atoms with E-state index in [2.05, 4.69) is 12.1 Å². The molecule has 0 amide bonds. The number of hydrogen-bond donors (Lipinski definition) is 1. The summed E-state index contributed by atoms with van der Waals surface area (Å²) in [6, 6.07) is 10.2. The smallest absolute Gasteiger partial charge is 0.122 e. The molecular weight excluding hydrogens is 164 g/mol. The van der Waals surface area contributed by atoms with E-state index in [-0.39, 0.29) is 17.8 Å². The van der Waals surface area contributed by atoms with Gasteiger partial charge in [0.2, 0.25) is 0 Å². The fraction of sp³-hybridized carbons (Fsp3) is 0.455. The third-order valence-corrected chi connectivity index (χ3v) is 3.16. The zero-order valence-electron chi connectivity index (χ0n) is 7.31. The third-order valence-electron chi connectivity index (χ3n) is 3.16. The molecule has 13 heavy (non-hydrogen) atoms. The van der Waals surface area contributed by atoms with Gasteiger partial charge in [-0.15, -0.1) is 0 Å². The molecule has 1 aromatic carbocycles. The van der Waals surface area contributed by atoms with Gasteiger partial charge in [-0.05, 0) is 18.4 Å². The zero-order chi connectivity index (χ0) is 8.89. The van der Waals surface area contributed by atoms with E-state index in [1.807, 2.05) is 18.2 Å². The molecule has 1 aliphatic heterocycles. The van der Waals surface area contributed by atoms with Gasteiger partial charge in [0.25, 0.3) is 0 Å². The Morgan fingerprint density at radius 1 is 1.31 bits per heavy atom. The molecular formula is C11H12O2. The maximum absolute atomic E-state index is 9.54. The topological polar surface area (TPSA) is 32.8 Å². The summed E-state index contributed by atoms with van der Waals surface area (Å²) in [4.78, 5) is 0. The Morgan fingerprint density at radius 3 is 2.62 bits per heavy atom. The van der Waals surface area contributed by atoms with E-state index in [9.17, 15) is 5.11 Å². The summed E-state index contributed by atoms with van der Waals surface area (Å²) in [6.07, 6.45) is 1.65. The van der Waals surface area contributed by atoms with Gasteiger partial charge >= 0.3 is 0 Å². The van der Waals surface area contributed by atoms with Crippen LogP contribution < -0.4 is 0 Å². The summed E-state index contributed by atoms with van der Waals surface area (Å²) >= 11 is 0. The molecule has 1 aromatic rings. The summed E-state index contributed by atoms with van der Waals surface area (Å²) in [5.74, 6) is 0. The Bertz CT molecular complexity index is 322. The second-order valence-electron chi connectivity index (χ2n) is 3.90. The van der Waals surface area contributed by atoms with Crippen molar-refractivity contribution < 1.29 is 9.84 Å². The van der Waals surface area contributed by atoms with Crippen LogP contribution >= 0.6 is 0 Å². The van der Waals surface area contributed by atoms with Gasteiger partial charge in [-0.2, -0.15) is 0 Å². The fourth-order valence-corrected chi connectivity index (χ4v) is 2.39. The minimum atomic E-state index is -0.250. The Labute approximate surface area is 77.2 Å². The number of hydrogen-bond acceptors (Lipinski definition) is 2. The van der Waals surface area contributed by atoms with Gasteiger partial charge in [0, 0.05) is 0 Å². The van der Waals surface area contributed by atoms with Crippen molar-refractivity contribution >= 4 is 0 Å². The van der Waals surface area contributed by atoms with E-state index < -0.39 is 0 Å². The highest BCUT2D eigenvalue weighted by atomic mass is 16.6. The third kappa shape index (κ3) is 0.901.